The highest BCUT2D eigenvalue weighted by atomic mass is 16.2. The van der Waals surface area contributed by atoms with E-state index in [0.717, 1.165) is 26.1 Å². The van der Waals surface area contributed by atoms with Crippen LogP contribution in [0.2, 0.25) is 0 Å². The Balaban J connectivity index is 1.75. The average molecular weight is 314 g/mol. The Morgan fingerprint density at radius 1 is 1.22 bits per heavy atom. The van der Waals surface area contributed by atoms with Gasteiger partial charge in [-0.2, -0.15) is 0 Å². The topological polar surface area (TPSA) is 23.6 Å². The lowest BCUT2D eigenvalue weighted by Gasteiger charge is -2.41. The van der Waals surface area contributed by atoms with Gasteiger partial charge >= 0.3 is 0 Å². The predicted octanol–water partition coefficient (Wildman–Crippen LogP) is 3.83. The minimum Gasteiger partial charge on any atom is -0.336 e. The number of hydrogen-bond donors (Lipinski definition) is 0. The summed E-state index contributed by atoms with van der Waals surface area (Å²) in [6.07, 6.45) is 7.45. The molecule has 2 fully saturated rings. The summed E-state index contributed by atoms with van der Waals surface area (Å²) in [4.78, 5) is 17.0. The lowest BCUT2D eigenvalue weighted by Crippen LogP contribution is -2.47. The van der Waals surface area contributed by atoms with E-state index in [1.165, 1.54) is 37.7 Å². The van der Waals surface area contributed by atoms with Crippen molar-refractivity contribution in [3.05, 3.63) is 35.9 Å². The van der Waals surface area contributed by atoms with Crippen molar-refractivity contribution in [2.75, 3.05) is 13.1 Å². The van der Waals surface area contributed by atoms with Crippen molar-refractivity contribution in [3.8, 4) is 0 Å². The number of carbonyl (C=O) groups is 1. The average Bonchev–Trinajstić information content (AvgIpc) is 2.93. The van der Waals surface area contributed by atoms with Gasteiger partial charge in [0.25, 0.3) is 0 Å². The number of benzene rings is 1. The van der Waals surface area contributed by atoms with Crippen LogP contribution in [0, 0.1) is 0 Å². The van der Waals surface area contributed by atoms with E-state index in [1.54, 1.807) is 6.92 Å². The van der Waals surface area contributed by atoms with E-state index in [9.17, 15) is 4.79 Å². The van der Waals surface area contributed by atoms with Gasteiger partial charge in [0.2, 0.25) is 5.91 Å². The van der Waals surface area contributed by atoms with Crippen LogP contribution in [0.1, 0.15) is 57.9 Å². The maximum Gasteiger partial charge on any atom is 0.219 e. The predicted molar refractivity (Wildman–Crippen MR) is 94.1 cm³/mol. The molecule has 0 N–H and O–H groups in total. The van der Waals surface area contributed by atoms with E-state index in [4.69, 9.17) is 0 Å². The molecule has 1 aliphatic carbocycles. The third kappa shape index (κ3) is 3.45. The standard InChI is InChI=1S/C20H30N2O/c1-3-21(15-18-10-6-4-7-11-18)19-14-20(12-8-5-9-13-20)22(16-19)17(2)23/h4,6-7,10-11,19H,3,5,8-9,12-16H2,1-2H3/t19-/m1/s1. The summed E-state index contributed by atoms with van der Waals surface area (Å²) in [5.74, 6) is 0.269. The summed E-state index contributed by atoms with van der Waals surface area (Å²) in [6.45, 7) is 6.94. The van der Waals surface area contributed by atoms with Crippen molar-refractivity contribution in [2.24, 2.45) is 0 Å². The third-order valence-electron chi connectivity index (χ3n) is 5.90. The Kier molecular flexibility index (Phi) is 5.05. The molecule has 3 nitrogen and oxygen atoms in total. The van der Waals surface area contributed by atoms with E-state index in [0.29, 0.717) is 6.04 Å². The molecule has 1 aromatic carbocycles. The smallest absolute Gasteiger partial charge is 0.219 e. The van der Waals surface area contributed by atoms with Crippen molar-refractivity contribution >= 4 is 5.91 Å². The Morgan fingerprint density at radius 2 is 1.91 bits per heavy atom. The van der Waals surface area contributed by atoms with Gasteiger partial charge in [0.15, 0.2) is 0 Å². The lowest BCUT2D eigenvalue weighted by atomic mass is 9.79. The van der Waals surface area contributed by atoms with Crippen LogP contribution in [0.15, 0.2) is 30.3 Å². The quantitative estimate of drug-likeness (QED) is 0.843. The first-order valence-corrected chi connectivity index (χ1v) is 9.21. The fraction of sp³-hybridized carbons (Fsp3) is 0.650. The van der Waals surface area contributed by atoms with E-state index < -0.39 is 0 Å². The molecule has 0 radical (unpaired) electrons. The molecule has 1 spiro atoms. The highest BCUT2D eigenvalue weighted by molar-refractivity contribution is 5.74. The molecule has 23 heavy (non-hydrogen) atoms. The van der Waals surface area contributed by atoms with Gasteiger partial charge in [-0.15, -0.1) is 0 Å². The molecule has 126 valence electrons. The maximum absolute atomic E-state index is 12.2. The monoisotopic (exact) mass is 314 g/mol. The van der Waals surface area contributed by atoms with Crippen LogP contribution in [0.25, 0.3) is 0 Å². The fourth-order valence-corrected chi connectivity index (χ4v) is 4.73. The Bertz CT molecular complexity index is 522. The number of nitrogens with zero attached hydrogens (tertiary/aromatic N) is 2. The van der Waals surface area contributed by atoms with Crippen molar-refractivity contribution in [1.29, 1.82) is 0 Å². The van der Waals surface area contributed by atoms with Gasteiger partial charge in [0, 0.05) is 31.6 Å². The molecule has 2 aliphatic rings. The van der Waals surface area contributed by atoms with Crippen LogP contribution in [-0.2, 0) is 11.3 Å². The van der Waals surface area contributed by atoms with Gasteiger partial charge in [-0.3, -0.25) is 9.69 Å². The number of likely N-dealkylation sites (tertiary alicyclic amines) is 1. The summed E-state index contributed by atoms with van der Waals surface area (Å²) in [7, 11) is 0. The normalized spacial score (nSPS) is 23.6. The molecule has 1 aliphatic heterocycles. The van der Waals surface area contributed by atoms with E-state index in [1.807, 2.05) is 0 Å². The van der Waals surface area contributed by atoms with Crippen LogP contribution in [0.3, 0.4) is 0 Å². The molecule has 1 heterocycles. The molecule has 1 aromatic rings. The molecule has 3 heteroatoms. The number of hydrogen-bond acceptors (Lipinski definition) is 2. The highest BCUT2D eigenvalue weighted by Gasteiger charge is 2.48. The van der Waals surface area contributed by atoms with E-state index >= 15 is 0 Å². The summed E-state index contributed by atoms with van der Waals surface area (Å²) in [5, 5.41) is 0. The molecule has 1 amide bonds. The molecule has 1 atom stereocenters. The van der Waals surface area contributed by atoms with Gasteiger partial charge in [0.05, 0.1) is 0 Å². The second kappa shape index (κ2) is 7.04. The zero-order valence-electron chi connectivity index (χ0n) is 14.6. The zero-order valence-corrected chi connectivity index (χ0v) is 14.6. The second-order valence-corrected chi connectivity index (χ2v) is 7.32. The fourth-order valence-electron chi connectivity index (χ4n) is 4.73. The number of amides is 1. The largest absolute Gasteiger partial charge is 0.336 e. The van der Waals surface area contributed by atoms with Crippen LogP contribution >= 0.6 is 0 Å². The molecular formula is C20H30N2O. The van der Waals surface area contributed by atoms with Crippen molar-refractivity contribution in [3.63, 3.8) is 0 Å². The molecule has 1 saturated carbocycles. The van der Waals surface area contributed by atoms with Crippen LogP contribution < -0.4 is 0 Å². The van der Waals surface area contributed by atoms with Crippen molar-refractivity contribution in [1.82, 2.24) is 9.80 Å². The Hall–Kier alpha value is -1.35. The number of carbonyl (C=O) groups excluding carboxylic acids is 1. The maximum atomic E-state index is 12.2. The molecule has 0 aromatic heterocycles. The summed E-state index contributed by atoms with van der Waals surface area (Å²) < 4.78 is 0. The number of rotatable bonds is 4. The lowest BCUT2D eigenvalue weighted by molar-refractivity contribution is -0.134. The highest BCUT2D eigenvalue weighted by Crippen LogP contribution is 2.43. The van der Waals surface area contributed by atoms with E-state index in [-0.39, 0.29) is 11.4 Å². The third-order valence-corrected chi connectivity index (χ3v) is 5.90. The first kappa shape index (κ1) is 16.5. The van der Waals surface area contributed by atoms with Crippen LogP contribution in [-0.4, -0.2) is 40.4 Å². The minimum absolute atomic E-state index is 0.152. The second-order valence-electron chi connectivity index (χ2n) is 7.32. The first-order chi connectivity index (χ1) is 11.1. The van der Waals surface area contributed by atoms with Gasteiger partial charge in [0.1, 0.15) is 0 Å². The Labute approximate surface area is 140 Å². The SMILES string of the molecule is CCN(Cc1ccccc1)[C@H]1CN(C(C)=O)C2(CCCCC2)C1. The van der Waals surface area contributed by atoms with Crippen LogP contribution in [0.4, 0.5) is 0 Å². The molecule has 3 rings (SSSR count). The summed E-state index contributed by atoms with van der Waals surface area (Å²) in [6, 6.07) is 11.2. The molecular weight excluding hydrogens is 284 g/mol. The van der Waals surface area contributed by atoms with Gasteiger partial charge < -0.3 is 4.90 Å². The van der Waals surface area contributed by atoms with Gasteiger partial charge in [-0.1, -0.05) is 56.5 Å². The number of likely N-dealkylation sites (N-methyl/N-ethyl adjacent to an activating group) is 1. The van der Waals surface area contributed by atoms with Crippen molar-refractivity contribution in [2.45, 2.75) is 70.5 Å². The van der Waals surface area contributed by atoms with E-state index in [2.05, 4.69) is 47.1 Å². The molecule has 0 bridgehead atoms. The van der Waals surface area contributed by atoms with Gasteiger partial charge in [-0.05, 0) is 31.4 Å². The molecule has 1 saturated heterocycles. The minimum atomic E-state index is 0.152. The summed E-state index contributed by atoms with van der Waals surface area (Å²) in [5.41, 5.74) is 1.52. The van der Waals surface area contributed by atoms with Crippen molar-refractivity contribution < 1.29 is 4.79 Å². The van der Waals surface area contributed by atoms with Gasteiger partial charge in [-0.25, -0.2) is 0 Å². The van der Waals surface area contributed by atoms with Crippen LogP contribution in [0.5, 0.6) is 0 Å². The summed E-state index contributed by atoms with van der Waals surface area (Å²) >= 11 is 0. The first-order valence-electron chi connectivity index (χ1n) is 9.21. The zero-order chi connectivity index (χ0) is 16.3. The Morgan fingerprint density at radius 3 is 2.52 bits per heavy atom. The molecule has 0 unspecified atom stereocenters.